The lowest BCUT2D eigenvalue weighted by Gasteiger charge is -2.43. The summed E-state index contributed by atoms with van der Waals surface area (Å²) in [5.41, 5.74) is 5.63. The lowest BCUT2D eigenvalue weighted by atomic mass is 9.62. The largest absolute Gasteiger partial charge is 0.367 e. The van der Waals surface area contributed by atoms with E-state index >= 15 is 0 Å². The molecule has 1 heterocycles. The zero-order valence-electron chi connectivity index (χ0n) is 9.99. The molecule has 0 spiro atoms. The Morgan fingerprint density at radius 3 is 1.23 bits per heavy atom. The molecule has 1 fully saturated rings. The second-order valence-corrected chi connectivity index (χ2v) is 5.95. The average Bonchev–Trinajstić information content (AvgIpc) is 1.88. The Morgan fingerprint density at radius 1 is 0.769 bits per heavy atom. The van der Waals surface area contributed by atoms with Crippen molar-refractivity contribution >= 4 is 0 Å². The normalized spacial score (nSPS) is 40.6. The Hall–Kier alpha value is -0.0800. The topological polar surface area (TPSA) is 35.2 Å². The fraction of sp³-hybridized carbons (Fsp3) is 1.00. The first-order chi connectivity index (χ1) is 5.46. The molecule has 1 unspecified atom stereocenters. The van der Waals surface area contributed by atoms with Gasteiger partial charge in [0, 0.05) is 11.0 Å². The van der Waals surface area contributed by atoms with Crippen molar-refractivity contribution < 1.29 is 4.74 Å². The Labute approximate surface area is 81.8 Å². The van der Waals surface area contributed by atoms with Gasteiger partial charge in [-0.1, -0.05) is 13.8 Å². The molecule has 2 N–H and O–H groups in total. The molecule has 0 aromatic rings. The van der Waals surface area contributed by atoms with Gasteiger partial charge in [-0.2, -0.15) is 0 Å². The predicted octanol–water partition coefficient (Wildman–Crippen LogP) is 2.32. The first-order valence-electron chi connectivity index (χ1n) is 4.95. The minimum atomic E-state index is -0.302. The van der Waals surface area contributed by atoms with Crippen LogP contribution in [-0.2, 0) is 4.74 Å². The van der Waals surface area contributed by atoms with Crippen LogP contribution in [0, 0.1) is 5.41 Å². The summed E-state index contributed by atoms with van der Waals surface area (Å²) in [6, 6.07) is 0. The van der Waals surface area contributed by atoms with Crippen molar-refractivity contribution in [1.29, 1.82) is 0 Å². The van der Waals surface area contributed by atoms with Gasteiger partial charge in [0.05, 0.1) is 11.2 Å². The SMILES string of the molecule is CC1(C)OC(C)(C)C(C)(N)C1(C)C. The Bertz CT molecular complexity index is 202. The zero-order valence-corrected chi connectivity index (χ0v) is 9.99. The summed E-state index contributed by atoms with van der Waals surface area (Å²) in [7, 11) is 0. The van der Waals surface area contributed by atoms with Crippen LogP contribution in [0.25, 0.3) is 0 Å². The molecule has 0 aromatic heterocycles. The van der Waals surface area contributed by atoms with Crippen LogP contribution in [0.5, 0.6) is 0 Å². The maximum Gasteiger partial charge on any atom is 0.0816 e. The molecule has 0 bridgehead atoms. The summed E-state index contributed by atoms with van der Waals surface area (Å²) in [5.74, 6) is 0. The fourth-order valence-electron chi connectivity index (χ4n) is 2.25. The highest BCUT2D eigenvalue weighted by Gasteiger charge is 2.64. The molecule has 1 aliphatic heterocycles. The third kappa shape index (κ3) is 1.08. The van der Waals surface area contributed by atoms with Gasteiger partial charge in [-0.05, 0) is 34.6 Å². The summed E-state index contributed by atoms with van der Waals surface area (Å²) < 4.78 is 6.04. The van der Waals surface area contributed by atoms with Crippen LogP contribution in [0.4, 0.5) is 0 Å². The van der Waals surface area contributed by atoms with Crippen LogP contribution in [0.1, 0.15) is 48.5 Å². The van der Waals surface area contributed by atoms with E-state index in [-0.39, 0.29) is 22.2 Å². The third-order valence-electron chi connectivity index (χ3n) is 4.56. The van der Waals surface area contributed by atoms with Gasteiger partial charge in [-0.25, -0.2) is 0 Å². The van der Waals surface area contributed by atoms with Crippen LogP contribution < -0.4 is 5.73 Å². The highest BCUT2D eigenvalue weighted by atomic mass is 16.5. The summed E-state index contributed by atoms with van der Waals surface area (Å²) in [4.78, 5) is 0. The van der Waals surface area contributed by atoms with Crippen LogP contribution in [-0.4, -0.2) is 16.7 Å². The standard InChI is InChI=1S/C11H23NO/c1-8(2)9(3,4)13-10(5,6)11(8,7)12/h12H2,1-7H3. The van der Waals surface area contributed by atoms with Gasteiger partial charge in [-0.3, -0.25) is 0 Å². The number of ether oxygens (including phenoxy) is 1. The van der Waals surface area contributed by atoms with Crippen molar-refractivity contribution in [3.8, 4) is 0 Å². The van der Waals surface area contributed by atoms with Crippen molar-refractivity contribution in [3.63, 3.8) is 0 Å². The molecule has 1 aliphatic rings. The Balaban J connectivity index is 3.24. The minimum Gasteiger partial charge on any atom is -0.367 e. The molecule has 78 valence electrons. The van der Waals surface area contributed by atoms with Gasteiger partial charge in [0.15, 0.2) is 0 Å². The summed E-state index contributed by atoms with van der Waals surface area (Å²) >= 11 is 0. The van der Waals surface area contributed by atoms with Crippen molar-refractivity contribution in [2.45, 2.75) is 65.2 Å². The number of hydrogen-bond donors (Lipinski definition) is 1. The molecule has 1 saturated heterocycles. The number of hydrogen-bond acceptors (Lipinski definition) is 2. The van der Waals surface area contributed by atoms with Crippen molar-refractivity contribution in [3.05, 3.63) is 0 Å². The van der Waals surface area contributed by atoms with Gasteiger partial charge in [0.25, 0.3) is 0 Å². The van der Waals surface area contributed by atoms with Crippen LogP contribution in [0.2, 0.25) is 0 Å². The summed E-state index contributed by atoms with van der Waals surface area (Å²) in [6.07, 6.45) is 0. The average molecular weight is 185 g/mol. The van der Waals surface area contributed by atoms with E-state index < -0.39 is 0 Å². The van der Waals surface area contributed by atoms with Crippen LogP contribution in [0.15, 0.2) is 0 Å². The van der Waals surface area contributed by atoms with Crippen molar-refractivity contribution in [2.24, 2.45) is 11.1 Å². The van der Waals surface area contributed by atoms with Crippen molar-refractivity contribution in [1.82, 2.24) is 0 Å². The molecular formula is C11H23NO. The molecule has 0 aromatic carbocycles. The maximum absolute atomic E-state index is 6.38. The minimum absolute atomic E-state index is 0.0243. The maximum atomic E-state index is 6.38. The first kappa shape index (κ1) is 11.0. The number of rotatable bonds is 0. The van der Waals surface area contributed by atoms with Crippen LogP contribution in [0.3, 0.4) is 0 Å². The lowest BCUT2D eigenvalue weighted by molar-refractivity contribution is -0.0903. The molecule has 1 rings (SSSR count). The van der Waals surface area contributed by atoms with E-state index in [9.17, 15) is 0 Å². The lowest BCUT2D eigenvalue weighted by Crippen LogP contribution is -2.60. The smallest absolute Gasteiger partial charge is 0.0816 e. The van der Waals surface area contributed by atoms with E-state index in [0.29, 0.717) is 0 Å². The molecule has 1 atom stereocenters. The molecule has 0 radical (unpaired) electrons. The summed E-state index contributed by atoms with van der Waals surface area (Å²) in [5, 5.41) is 0. The van der Waals surface area contributed by atoms with Gasteiger partial charge in [-0.15, -0.1) is 0 Å². The molecule has 2 nitrogen and oxygen atoms in total. The highest BCUT2D eigenvalue weighted by Crippen LogP contribution is 2.55. The third-order valence-corrected chi connectivity index (χ3v) is 4.56. The van der Waals surface area contributed by atoms with E-state index in [1.54, 1.807) is 0 Å². The van der Waals surface area contributed by atoms with Gasteiger partial charge in [0.1, 0.15) is 0 Å². The second-order valence-electron chi connectivity index (χ2n) is 5.95. The van der Waals surface area contributed by atoms with E-state index in [0.717, 1.165) is 0 Å². The fourth-order valence-corrected chi connectivity index (χ4v) is 2.25. The van der Waals surface area contributed by atoms with E-state index in [2.05, 4.69) is 48.5 Å². The summed E-state index contributed by atoms with van der Waals surface area (Å²) in [6.45, 7) is 14.8. The molecule has 0 amide bonds. The van der Waals surface area contributed by atoms with Crippen LogP contribution >= 0.6 is 0 Å². The van der Waals surface area contributed by atoms with E-state index in [4.69, 9.17) is 10.5 Å². The van der Waals surface area contributed by atoms with Crippen molar-refractivity contribution in [2.75, 3.05) is 0 Å². The quantitative estimate of drug-likeness (QED) is 0.628. The zero-order chi connectivity index (χ0) is 10.7. The van der Waals surface area contributed by atoms with Gasteiger partial charge < -0.3 is 10.5 Å². The monoisotopic (exact) mass is 185 g/mol. The first-order valence-corrected chi connectivity index (χ1v) is 4.95. The van der Waals surface area contributed by atoms with Gasteiger partial charge >= 0.3 is 0 Å². The van der Waals surface area contributed by atoms with E-state index in [1.165, 1.54) is 0 Å². The predicted molar refractivity (Wildman–Crippen MR) is 55.6 cm³/mol. The highest BCUT2D eigenvalue weighted by molar-refractivity contribution is 5.17. The van der Waals surface area contributed by atoms with Gasteiger partial charge in [0.2, 0.25) is 0 Å². The molecule has 0 aliphatic carbocycles. The molecule has 2 heteroatoms. The molecular weight excluding hydrogens is 162 g/mol. The number of nitrogens with two attached hydrogens (primary N) is 1. The Morgan fingerprint density at radius 2 is 1.15 bits per heavy atom. The molecule has 0 saturated carbocycles. The van der Waals surface area contributed by atoms with E-state index in [1.807, 2.05) is 0 Å². The Kier molecular flexibility index (Phi) is 1.94. The molecule has 13 heavy (non-hydrogen) atoms. The second kappa shape index (κ2) is 2.29.